The van der Waals surface area contributed by atoms with Crippen LogP contribution in [0.15, 0.2) is 72.4 Å². The van der Waals surface area contributed by atoms with Gasteiger partial charge in [0.25, 0.3) is 5.91 Å². The molecule has 0 aliphatic heterocycles. The van der Waals surface area contributed by atoms with Gasteiger partial charge in [-0.25, -0.2) is 4.68 Å². The maximum Gasteiger partial charge on any atom is 0.255 e. The molecule has 1 aromatic carbocycles. The van der Waals surface area contributed by atoms with E-state index in [1.807, 2.05) is 12.1 Å². The van der Waals surface area contributed by atoms with Gasteiger partial charge in [-0.05, 0) is 51.5 Å². The minimum absolute atomic E-state index is 0.296. The molecule has 9 nitrogen and oxygen atoms in total. The Morgan fingerprint density at radius 3 is 2.71 bits per heavy atom. The van der Waals surface area contributed by atoms with E-state index in [-0.39, 0.29) is 5.91 Å². The molecule has 2 heterocycles. The molecular weight excluding hydrogens is 440 g/mol. The second kappa shape index (κ2) is 10.4. The predicted octanol–water partition coefficient (Wildman–Crippen LogP) is 4.24. The first kappa shape index (κ1) is 24.7. The van der Waals surface area contributed by atoms with Crippen LogP contribution < -0.4 is 5.32 Å². The summed E-state index contributed by atoms with van der Waals surface area (Å²) in [5, 5.41) is 29.4. The normalized spacial score (nSPS) is 11.9. The van der Waals surface area contributed by atoms with Gasteiger partial charge in [-0.15, -0.1) is 5.10 Å². The number of pyridine rings is 1. The second-order valence-electron chi connectivity index (χ2n) is 8.37. The highest BCUT2D eigenvalue weighted by molar-refractivity contribution is 6.16. The third kappa shape index (κ3) is 5.92. The number of benzene rings is 1. The molecule has 1 amide bonds. The summed E-state index contributed by atoms with van der Waals surface area (Å²) in [5.74, 6) is -0.296. The van der Waals surface area contributed by atoms with Crippen molar-refractivity contribution in [3.05, 3.63) is 84.1 Å². The maximum atomic E-state index is 12.7. The Bertz CT molecular complexity index is 1430. The quantitative estimate of drug-likeness (QED) is 0.520. The Morgan fingerprint density at radius 1 is 1.23 bits per heavy atom. The summed E-state index contributed by atoms with van der Waals surface area (Å²) in [4.78, 5) is 21.1. The minimum Gasteiger partial charge on any atom is -0.324 e. The number of amides is 1. The van der Waals surface area contributed by atoms with Crippen LogP contribution in [0.25, 0.3) is 17.0 Å². The van der Waals surface area contributed by atoms with Crippen molar-refractivity contribution in [2.75, 3.05) is 0 Å². The van der Waals surface area contributed by atoms with Crippen molar-refractivity contribution in [2.45, 2.75) is 33.1 Å². The molecule has 35 heavy (non-hydrogen) atoms. The highest BCUT2D eigenvalue weighted by atomic mass is 16.1. The second-order valence-corrected chi connectivity index (χ2v) is 8.37. The molecule has 0 atom stereocenters. The van der Waals surface area contributed by atoms with Gasteiger partial charge in [-0.2, -0.15) is 10.5 Å². The monoisotopic (exact) mass is 464 g/mol. The molecule has 0 saturated heterocycles. The average molecular weight is 465 g/mol. The Balaban J connectivity index is 1.70. The SMILES string of the molecule is C=C(/C(C)=N\C=C(/C)NC(=O)c1cccc(C(C)(C)C#N)c1)n1cc(-c2cncc(C#N)c2)nn1. The Hall–Kier alpha value is -4.89. The van der Waals surface area contributed by atoms with Gasteiger partial charge in [0.2, 0.25) is 0 Å². The highest BCUT2D eigenvalue weighted by Gasteiger charge is 2.20. The molecule has 1 N–H and O–H groups in total. The third-order valence-electron chi connectivity index (χ3n) is 5.24. The number of allylic oxidation sites excluding steroid dienone is 2. The molecular formula is C26H24N8O. The highest BCUT2D eigenvalue weighted by Crippen LogP contribution is 2.23. The minimum atomic E-state index is -0.695. The van der Waals surface area contributed by atoms with E-state index in [4.69, 9.17) is 5.26 Å². The number of nitrogens with one attached hydrogen (secondary N) is 1. The van der Waals surface area contributed by atoms with Gasteiger partial charge in [0.15, 0.2) is 0 Å². The van der Waals surface area contributed by atoms with Crippen LogP contribution in [0, 0.1) is 22.7 Å². The molecule has 0 unspecified atom stereocenters. The van der Waals surface area contributed by atoms with E-state index in [0.717, 1.165) is 5.56 Å². The molecule has 0 spiro atoms. The van der Waals surface area contributed by atoms with Gasteiger partial charge >= 0.3 is 0 Å². The largest absolute Gasteiger partial charge is 0.324 e. The summed E-state index contributed by atoms with van der Waals surface area (Å²) in [6.07, 6.45) is 6.28. The van der Waals surface area contributed by atoms with Crippen LogP contribution in [-0.2, 0) is 5.41 Å². The number of rotatable bonds is 7. The topological polar surface area (TPSA) is 133 Å². The van der Waals surface area contributed by atoms with Crippen LogP contribution in [-0.4, -0.2) is 31.6 Å². The number of hydrogen-bond donors (Lipinski definition) is 1. The van der Waals surface area contributed by atoms with E-state index in [9.17, 15) is 10.1 Å². The summed E-state index contributed by atoms with van der Waals surface area (Å²) in [6, 6.07) is 13.0. The summed E-state index contributed by atoms with van der Waals surface area (Å²) < 4.78 is 1.48. The zero-order valence-electron chi connectivity index (χ0n) is 19.9. The van der Waals surface area contributed by atoms with Crippen LogP contribution in [0.3, 0.4) is 0 Å². The smallest absolute Gasteiger partial charge is 0.255 e. The molecule has 0 aliphatic carbocycles. The van der Waals surface area contributed by atoms with Crippen molar-refractivity contribution in [3.63, 3.8) is 0 Å². The van der Waals surface area contributed by atoms with Crippen LogP contribution in [0.1, 0.15) is 49.2 Å². The molecule has 0 bridgehead atoms. The lowest BCUT2D eigenvalue weighted by Gasteiger charge is -2.16. The maximum absolute atomic E-state index is 12.7. The summed E-state index contributed by atoms with van der Waals surface area (Å²) in [7, 11) is 0. The molecule has 0 saturated carbocycles. The van der Waals surface area contributed by atoms with Crippen molar-refractivity contribution in [3.8, 4) is 23.4 Å². The zero-order valence-corrected chi connectivity index (χ0v) is 19.9. The van der Waals surface area contributed by atoms with E-state index in [2.05, 4.69) is 38.3 Å². The molecule has 0 fully saturated rings. The lowest BCUT2D eigenvalue weighted by molar-refractivity contribution is 0.0965. The van der Waals surface area contributed by atoms with Crippen LogP contribution in [0.2, 0.25) is 0 Å². The number of nitrogens with zero attached hydrogens (tertiary/aromatic N) is 7. The van der Waals surface area contributed by atoms with Crippen molar-refractivity contribution in [1.29, 1.82) is 10.5 Å². The zero-order chi connectivity index (χ0) is 25.6. The number of hydrogen-bond acceptors (Lipinski definition) is 7. The van der Waals surface area contributed by atoms with Crippen molar-refractivity contribution < 1.29 is 4.79 Å². The summed E-state index contributed by atoms with van der Waals surface area (Å²) >= 11 is 0. The fraction of sp³-hybridized carbons (Fsp3) is 0.192. The Morgan fingerprint density at radius 2 is 2.00 bits per heavy atom. The fourth-order valence-corrected chi connectivity index (χ4v) is 3.00. The van der Waals surface area contributed by atoms with Gasteiger partial charge in [0, 0.05) is 35.4 Å². The lowest BCUT2D eigenvalue weighted by atomic mass is 9.85. The van der Waals surface area contributed by atoms with Gasteiger partial charge in [0.1, 0.15) is 11.8 Å². The fourth-order valence-electron chi connectivity index (χ4n) is 3.00. The van der Waals surface area contributed by atoms with Crippen molar-refractivity contribution in [1.82, 2.24) is 25.3 Å². The molecule has 3 rings (SSSR count). The number of carbonyl (C=O) groups excluding carboxylic acids is 1. The molecule has 0 radical (unpaired) electrons. The van der Waals surface area contributed by atoms with E-state index < -0.39 is 5.41 Å². The molecule has 9 heteroatoms. The standard InChI is InChI=1S/C26H24N8O/c1-17(31-25(35)21-7-6-8-23(10-21)26(4,5)16-28)12-30-18(2)19(3)34-15-24(32-33-34)22-9-20(11-27)13-29-14-22/h6-10,12-15H,3H2,1-2,4-5H3,(H,31,35)/b17-12+,30-18-. The Kier molecular flexibility index (Phi) is 7.33. The van der Waals surface area contributed by atoms with Crippen LogP contribution in [0.5, 0.6) is 0 Å². The Labute approximate surface area is 203 Å². The van der Waals surface area contributed by atoms with Crippen molar-refractivity contribution in [2.24, 2.45) is 4.99 Å². The summed E-state index contributed by atoms with van der Waals surface area (Å²) in [5.41, 5.74) is 3.76. The van der Waals surface area contributed by atoms with Gasteiger partial charge in [-0.1, -0.05) is 23.9 Å². The predicted molar refractivity (Wildman–Crippen MR) is 133 cm³/mol. The molecule has 174 valence electrons. The van der Waals surface area contributed by atoms with E-state index in [0.29, 0.717) is 39.5 Å². The lowest BCUT2D eigenvalue weighted by Crippen LogP contribution is -2.22. The first-order valence-corrected chi connectivity index (χ1v) is 10.7. The first-order chi connectivity index (χ1) is 16.6. The molecule has 3 aromatic rings. The number of aromatic nitrogens is 4. The van der Waals surface area contributed by atoms with E-state index >= 15 is 0 Å². The number of aliphatic imine (C=N–C) groups is 1. The molecule has 0 aliphatic rings. The van der Waals surface area contributed by atoms with Crippen LogP contribution in [0.4, 0.5) is 0 Å². The van der Waals surface area contributed by atoms with Gasteiger partial charge in [0.05, 0.1) is 34.7 Å². The number of carbonyl (C=O) groups is 1. The summed E-state index contributed by atoms with van der Waals surface area (Å²) in [6.45, 7) is 11.1. The van der Waals surface area contributed by atoms with Gasteiger partial charge in [-0.3, -0.25) is 14.8 Å². The number of nitriles is 2. The van der Waals surface area contributed by atoms with Gasteiger partial charge < -0.3 is 5.32 Å². The first-order valence-electron chi connectivity index (χ1n) is 10.7. The van der Waals surface area contributed by atoms with Crippen molar-refractivity contribution >= 4 is 17.3 Å². The average Bonchev–Trinajstić information content (AvgIpc) is 3.37. The molecule has 2 aromatic heterocycles. The van der Waals surface area contributed by atoms with E-state index in [1.165, 1.54) is 17.1 Å². The van der Waals surface area contributed by atoms with Crippen LogP contribution >= 0.6 is 0 Å². The third-order valence-corrected chi connectivity index (χ3v) is 5.24. The van der Waals surface area contributed by atoms with E-state index in [1.54, 1.807) is 64.4 Å².